The van der Waals surface area contributed by atoms with E-state index in [0.29, 0.717) is 12.8 Å². The van der Waals surface area contributed by atoms with Crippen molar-refractivity contribution in [2.24, 2.45) is 0 Å². The third-order valence-corrected chi connectivity index (χ3v) is 4.23. The van der Waals surface area contributed by atoms with E-state index in [1.54, 1.807) is 4.90 Å². The van der Waals surface area contributed by atoms with Crippen LogP contribution < -0.4 is 0 Å². The Hall–Kier alpha value is -0.860. The summed E-state index contributed by atoms with van der Waals surface area (Å²) in [7, 11) is 0. The fourth-order valence-corrected chi connectivity index (χ4v) is 3.04. The monoisotopic (exact) mass is 267 g/mol. The van der Waals surface area contributed by atoms with Gasteiger partial charge in [-0.3, -0.25) is 14.5 Å². The number of amides is 2. The average molecular weight is 267 g/mol. The van der Waals surface area contributed by atoms with E-state index < -0.39 is 0 Å². The van der Waals surface area contributed by atoms with E-state index in [1.165, 1.54) is 25.7 Å². The highest BCUT2D eigenvalue weighted by atomic mass is 16.2. The number of likely N-dealkylation sites (tertiary alicyclic amines) is 1. The van der Waals surface area contributed by atoms with Crippen molar-refractivity contribution in [1.82, 2.24) is 4.90 Å². The van der Waals surface area contributed by atoms with Gasteiger partial charge in [-0.2, -0.15) is 0 Å². The second-order valence-electron chi connectivity index (χ2n) is 6.03. The number of rotatable bonds is 9. The second-order valence-corrected chi connectivity index (χ2v) is 6.03. The molecule has 1 fully saturated rings. The third-order valence-electron chi connectivity index (χ3n) is 4.23. The molecule has 0 aromatic carbocycles. The SMILES string of the molecule is CCCCCC(C)(CCCCC)N1C(=O)CCC1=O. The quantitative estimate of drug-likeness (QED) is 0.467. The van der Waals surface area contributed by atoms with Crippen LogP contribution in [-0.4, -0.2) is 22.3 Å². The van der Waals surface area contributed by atoms with Gasteiger partial charge in [0.2, 0.25) is 11.8 Å². The molecule has 1 saturated heterocycles. The Kier molecular flexibility index (Phi) is 6.53. The predicted octanol–water partition coefficient (Wildman–Crippen LogP) is 4.05. The number of imide groups is 1. The summed E-state index contributed by atoms with van der Waals surface area (Å²) in [4.78, 5) is 25.6. The molecule has 1 rings (SSSR count). The molecule has 2 amide bonds. The van der Waals surface area contributed by atoms with Crippen LogP contribution in [0.3, 0.4) is 0 Å². The van der Waals surface area contributed by atoms with Gasteiger partial charge < -0.3 is 0 Å². The summed E-state index contributed by atoms with van der Waals surface area (Å²) in [6.07, 6.45) is 9.67. The van der Waals surface area contributed by atoms with E-state index in [0.717, 1.165) is 25.7 Å². The molecule has 1 aliphatic heterocycles. The summed E-state index contributed by atoms with van der Waals surface area (Å²) in [5.74, 6) is 0.0843. The molecule has 1 heterocycles. The number of carbonyl (C=O) groups excluding carboxylic acids is 2. The van der Waals surface area contributed by atoms with E-state index in [4.69, 9.17) is 0 Å². The van der Waals surface area contributed by atoms with Crippen LogP contribution in [0.1, 0.15) is 85.0 Å². The number of nitrogens with zero attached hydrogens (tertiary/aromatic N) is 1. The molecule has 19 heavy (non-hydrogen) atoms. The molecule has 3 nitrogen and oxygen atoms in total. The molecule has 0 unspecified atom stereocenters. The summed E-state index contributed by atoms with van der Waals surface area (Å²) in [6, 6.07) is 0. The largest absolute Gasteiger partial charge is 0.277 e. The molecule has 1 aliphatic rings. The summed E-state index contributed by atoms with van der Waals surface area (Å²) in [5.41, 5.74) is -0.241. The van der Waals surface area contributed by atoms with Gasteiger partial charge in [0, 0.05) is 18.4 Å². The zero-order valence-electron chi connectivity index (χ0n) is 12.8. The minimum atomic E-state index is -0.241. The molecule has 0 aliphatic carbocycles. The first kappa shape index (κ1) is 16.2. The third kappa shape index (κ3) is 4.32. The van der Waals surface area contributed by atoms with Crippen molar-refractivity contribution < 1.29 is 9.59 Å². The number of hydrogen-bond donors (Lipinski definition) is 0. The van der Waals surface area contributed by atoms with Crippen molar-refractivity contribution in [3.63, 3.8) is 0 Å². The van der Waals surface area contributed by atoms with E-state index in [2.05, 4.69) is 20.8 Å². The Morgan fingerprint density at radius 1 is 0.895 bits per heavy atom. The molecular formula is C16H29NO2. The first-order valence-electron chi connectivity index (χ1n) is 7.91. The van der Waals surface area contributed by atoms with Crippen LogP contribution in [0.4, 0.5) is 0 Å². The Morgan fingerprint density at radius 2 is 1.32 bits per heavy atom. The van der Waals surface area contributed by atoms with Crippen LogP contribution in [0.5, 0.6) is 0 Å². The molecule has 0 saturated carbocycles. The van der Waals surface area contributed by atoms with Gasteiger partial charge in [0.25, 0.3) is 0 Å². The fraction of sp³-hybridized carbons (Fsp3) is 0.875. The molecular weight excluding hydrogens is 238 g/mol. The van der Waals surface area contributed by atoms with Crippen molar-refractivity contribution in [3.8, 4) is 0 Å². The van der Waals surface area contributed by atoms with Crippen LogP contribution in [0, 0.1) is 0 Å². The highest BCUT2D eigenvalue weighted by Gasteiger charge is 2.42. The molecule has 0 spiro atoms. The van der Waals surface area contributed by atoms with Gasteiger partial charge in [0.05, 0.1) is 0 Å². The maximum absolute atomic E-state index is 12.0. The van der Waals surface area contributed by atoms with Gasteiger partial charge in [-0.05, 0) is 19.8 Å². The first-order valence-corrected chi connectivity index (χ1v) is 7.91. The summed E-state index contributed by atoms with van der Waals surface area (Å²) in [6.45, 7) is 6.47. The molecule has 0 bridgehead atoms. The predicted molar refractivity (Wildman–Crippen MR) is 77.8 cm³/mol. The molecule has 0 N–H and O–H groups in total. The van der Waals surface area contributed by atoms with Crippen molar-refractivity contribution in [1.29, 1.82) is 0 Å². The highest BCUT2D eigenvalue weighted by Crippen LogP contribution is 2.33. The summed E-state index contributed by atoms with van der Waals surface area (Å²) in [5, 5.41) is 0. The van der Waals surface area contributed by atoms with Crippen LogP contribution in [0.25, 0.3) is 0 Å². The molecule has 0 atom stereocenters. The number of hydrogen-bond acceptors (Lipinski definition) is 2. The van der Waals surface area contributed by atoms with Crippen LogP contribution in [0.2, 0.25) is 0 Å². The van der Waals surface area contributed by atoms with Gasteiger partial charge in [0.15, 0.2) is 0 Å². The first-order chi connectivity index (χ1) is 9.05. The topological polar surface area (TPSA) is 37.4 Å². The standard InChI is InChI=1S/C16H29NO2/c1-4-6-8-12-16(3,13-9-7-5-2)17-14(18)10-11-15(17)19/h4-13H2,1-3H3. The van der Waals surface area contributed by atoms with Gasteiger partial charge in [-0.15, -0.1) is 0 Å². The Labute approximate surface area is 117 Å². The Morgan fingerprint density at radius 3 is 1.68 bits per heavy atom. The molecule has 3 heteroatoms. The lowest BCUT2D eigenvalue weighted by Crippen LogP contribution is -2.49. The maximum Gasteiger partial charge on any atom is 0.230 e. The lowest BCUT2D eigenvalue weighted by molar-refractivity contribution is -0.145. The fourth-order valence-electron chi connectivity index (χ4n) is 3.04. The van der Waals surface area contributed by atoms with Crippen LogP contribution in [-0.2, 0) is 9.59 Å². The Bertz CT molecular complexity index is 286. The minimum Gasteiger partial charge on any atom is -0.277 e. The van der Waals surface area contributed by atoms with E-state index in [9.17, 15) is 9.59 Å². The van der Waals surface area contributed by atoms with Gasteiger partial charge in [-0.1, -0.05) is 52.4 Å². The lowest BCUT2D eigenvalue weighted by Gasteiger charge is -2.38. The highest BCUT2D eigenvalue weighted by molar-refractivity contribution is 6.02. The molecule has 0 aromatic rings. The summed E-state index contributed by atoms with van der Waals surface area (Å²) >= 11 is 0. The Balaban J connectivity index is 2.71. The molecule has 0 aromatic heterocycles. The van der Waals surface area contributed by atoms with E-state index >= 15 is 0 Å². The van der Waals surface area contributed by atoms with Crippen molar-refractivity contribution in [2.75, 3.05) is 0 Å². The smallest absolute Gasteiger partial charge is 0.230 e. The van der Waals surface area contributed by atoms with Crippen molar-refractivity contribution in [2.45, 2.75) is 90.5 Å². The maximum atomic E-state index is 12.0. The van der Waals surface area contributed by atoms with Crippen molar-refractivity contribution >= 4 is 11.8 Å². The zero-order valence-corrected chi connectivity index (χ0v) is 12.8. The van der Waals surface area contributed by atoms with E-state index in [1.807, 2.05) is 0 Å². The van der Waals surface area contributed by atoms with E-state index in [-0.39, 0.29) is 17.4 Å². The van der Waals surface area contributed by atoms with Gasteiger partial charge >= 0.3 is 0 Å². The lowest BCUT2D eigenvalue weighted by atomic mass is 9.86. The minimum absolute atomic E-state index is 0.0421. The number of carbonyl (C=O) groups is 2. The normalized spacial score (nSPS) is 16.5. The van der Waals surface area contributed by atoms with Crippen molar-refractivity contribution in [3.05, 3.63) is 0 Å². The second kappa shape index (κ2) is 7.66. The molecule has 110 valence electrons. The van der Waals surface area contributed by atoms with Crippen LogP contribution in [0.15, 0.2) is 0 Å². The summed E-state index contributed by atoms with van der Waals surface area (Å²) < 4.78 is 0. The van der Waals surface area contributed by atoms with Gasteiger partial charge in [-0.25, -0.2) is 0 Å². The molecule has 0 radical (unpaired) electrons. The average Bonchev–Trinajstić information content (AvgIpc) is 2.70. The van der Waals surface area contributed by atoms with Gasteiger partial charge in [0.1, 0.15) is 0 Å². The zero-order chi connectivity index (χ0) is 14.3. The van der Waals surface area contributed by atoms with Crippen LogP contribution >= 0.6 is 0 Å². The number of unbranched alkanes of at least 4 members (excludes halogenated alkanes) is 4.